The van der Waals surface area contributed by atoms with Gasteiger partial charge in [0, 0.05) is 49.5 Å². The largest absolute Gasteiger partial charge is 0.491 e. The Kier molecular flexibility index (Phi) is 28.4. The molecule has 0 fully saturated rings. The van der Waals surface area contributed by atoms with Crippen molar-refractivity contribution in [3.8, 4) is 45.3 Å². The summed E-state index contributed by atoms with van der Waals surface area (Å²) in [4.78, 5) is 110. The molecule has 0 bridgehead atoms. The lowest BCUT2D eigenvalue weighted by Crippen LogP contribution is -2.57. The van der Waals surface area contributed by atoms with Crippen LogP contribution in [0.4, 0.5) is 111 Å². The third kappa shape index (κ3) is 20.0. The topological polar surface area (TPSA) is 294 Å². The van der Waals surface area contributed by atoms with Crippen molar-refractivity contribution in [3.63, 3.8) is 0 Å². The standard InChI is InChI=1S/C41H20F15NO8.C25H27NO8.C8F8O2/c42-21-24(45)30(51)36(31(52)25(21)46)63-19(58)9-11-41(39(60)65-38-34(55)28(49)23(44)29(50)35(38)56,12-10-20(59)64-37-32(53)26(47)22(43)27(48)33(37)54)57-40(61)62-13-18-16-7-3-1-5-14(16)15-6-2-4-8-17(15)18;27-21(28)9-12-25(13-10-22(29)30,14-11-23(31)32)26-24(33)34-15-20-18-7-3-1-5-16(18)17-6-2-4-8-19(17)20;9-1-2(10)4(12)6(5(13)3(1)11)18-7(17)8(14,15)16/h1-8,18H,9-13H2,(H,57,61);1-8,20H,9-15H2,(H,26,33)(H,27,28)(H,29,30)(H,31,32);. The number of alkyl carbamates (subject to hydrolysis) is 2. The predicted molar refractivity (Wildman–Crippen MR) is 344 cm³/mol. The highest BCUT2D eigenvalue weighted by atomic mass is 19.4. The molecule has 2 aliphatic rings. The van der Waals surface area contributed by atoms with Gasteiger partial charge in [-0.3, -0.25) is 24.0 Å². The molecule has 0 heterocycles. The van der Waals surface area contributed by atoms with E-state index in [1.807, 2.05) is 48.5 Å². The number of fused-ring (bicyclic) bond motifs is 6. The van der Waals surface area contributed by atoms with E-state index >= 15 is 0 Å². The number of hydrogen-bond donors (Lipinski definition) is 5. The Morgan fingerprint density at radius 1 is 0.299 bits per heavy atom. The maximum Gasteiger partial charge on any atom is 0.491 e. The van der Waals surface area contributed by atoms with Crippen molar-refractivity contribution in [1.29, 1.82) is 0 Å². The Hall–Kier alpha value is -13.0. The van der Waals surface area contributed by atoms with E-state index in [9.17, 15) is 144 Å². The van der Waals surface area contributed by atoms with Gasteiger partial charge in [-0.15, -0.1) is 0 Å². The van der Waals surface area contributed by atoms with Crippen LogP contribution in [0.15, 0.2) is 97.1 Å². The second kappa shape index (κ2) is 37.1. The number of ether oxygens (including phenoxy) is 6. The molecule has 622 valence electrons. The van der Waals surface area contributed by atoms with E-state index in [-0.39, 0.29) is 51.0 Å². The number of alkyl halides is 3. The summed E-state index contributed by atoms with van der Waals surface area (Å²) in [5, 5.41) is 31.7. The van der Waals surface area contributed by atoms with Crippen molar-refractivity contribution in [2.75, 3.05) is 13.2 Å². The molecule has 2 amide bonds. The van der Waals surface area contributed by atoms with Gasteiger partial charge < -0.3 is 54.4 Å². The van der Waals surface area contributed by atoms with Gasteiger partial charge >= 0.3 is 60.1 Å². The average Bonchev–Trinajstić information content (AvgIpc) is 1.60. The van der Waals surface area contributed by atoms with Crippen LogP contribution in [-0.2, 0) is 43.0 Å². The highest BCUT2D eigenvalue weighted by Gasteiger charge is 2.48. The van der Waals surface area contributed by atoms with Gasteiger partial charge in [-0.05, 0) is 76.6 Å². The van der Waals surface area contributed by atoms with Crippen molar-refractivity contribution in [3.05, 3.63) is 236 Å². The molecule has 8 aromatic carbocycles. The predicted octanol–water partition coefficient (Wildman–Crippen LogP) is 16.4. The Labute approximate surface area is 638 Å². The van der Waals surface area contributed by atoms with Gasteiger partial charge in [-0.2, -0.15) is 48.3 Å². The van der Waals surface area contributed by atoms with Crippen LogP contribution < -0.4 is 29.6 Å². The molecule has 0 aliphatic heterocycles. The van der Waals surface area contributed by atoms with Crippen LogP contribution in [0.3, 0.4) is 0 Å². The summed E-state index contributed by atoms with van der Waals surface area (Å²) < 4.78 is 337. The van der Waals surface area contributed by atoms with Crippen molar-refractivity contribution in [1.82, 2.24) is 10.6 Å². The monoisotopic (exact) mass is 1690 g/mol. The van der Waals surface area contributed by atoms with E-state index < -0.39 is 249 Å². The average molecular weight is 1690 g/mol. The summed E-state index contributed by atoms with van der Waals surface area (Å²) in [5.74, 6) is -77.0. The number of aliphatic carboxylic acids is 3. The first kappa shape index (κ1) is 89.5. The van der Waals surface area contributed by atoms with Gasteiger partial charge in [0.2, 0.25) is 139 Å². The quantitative estimate of drug-likeness (QED) is 0.0111. The molecular weight excluding hydrogens is 1640 g/mol. The molecule has 0 spiro atoms. The summed E-state index contributed by atoms with van der Waals surface area (Å²) in [5.41, 5.74) is 1.85. The number of esters is 4. The fraction of sp³-hybridized carbons (Fsp3) is 0.230. The molecule has 0 unspecified atom stereocenters. The molecule has 0 atom stereocenters. The zero-order valence-electron chi connectivity index (χ0n) is 58.0. The number of carbonyl (C=O) groups is 9. The maximum atomic E-state index is 14.8. The lowest BCUT2D eigenvalue weighted by Gasteiger charge is -2.34. The van der Waals surface area contributed by atoms with E-state index in [4.69, 9.17) is 24.8 Å². The van der Waals surface area contributed by atoms with Crippen LogP contribution in [0.5, 0.6) is 23.0 Å². The van der Waals surface area contributed by atoms with E-state index in [1.165, 1.54) is 0 Å². The second-order valence-corrected chi connectivity index (χ2v) is 24.8. The van der Waals surface area contributed by atoms with Crippen LogP contribution in [0.25, 0.3) is 22.3 Å². The molecular formula is C74H47F23N2O18. The van der Waals surface area contributed by atoms with E-state index in [1.54, 1.807) is 53.8 Å². The van der Waals surface area contributed by atoms with E-state index in [2.05, 4.69) is 24.3 Å². The minimum absolute atomic E-state index is 0.0206. The third-order valence-corrected chi connectivity index (χ3v) is 17.5. The Bertz CT molecular complexity index is 4940. The molecule has 8 aromatic rings. The van der Waals surface area contributed by atoms with Gasteiger partial charge in [-0.1, -0.05) is 97.1 Å². The van der Waals surface area contributed by atoms with Gasteiger partial charge in [0.1, 0.15) is 18.8 Å². The zero-order chi connectivity index (χ0) is 86.8. The number of rotatable bonds is 26. The van der Waals surface area contributed by atoms with Crippen LogP contribution in [0.1, 0.15) is 98.3 Å². The smallest absolute Gasteiger partial charge is 0.481 e. The first-order chi connectivity index (χ1) is 54.9. The third-order valence-electron chi connectivity index (χ3n) is 17.5. The molecule has 117 heavy (non-hydrogen) atoms. The number of halogens is 23. The number of nitrogens with one attached hydrogen (secondary N) is 2. The number of amides is 2. The second-order valence-electron chi connectivity index (χ2n) is 24.8. The molecule has 0 saturated heterocycles. The fourth-order valence-electron chi connectivity index (χ4n) is 11.8. The Morgan fingerprint density at radius 2 is 0.530 bits per heavy atom. The molecule has 5 N–H and O–H groups in total. The number of carbonyl (C=O) groups excluding carboxylic acids is 6. The maximum absolute atomic E-state index is 14.8. The zero-order valence-corrected chi connectivity index (χ0v) is 58.0. The summed E-state index contributed by atoms with van der Waals surface area (Å²) in [7, 11) is 0. The lowest BCUT2D eigenvalue weighted by molar-refractivity contribution is -0.190. The summed E-state index contributed by atoms with van der Waals surface area (Å²) >= 11 is 0. The first-order valence-corrected chi connectivity index (χ1v) is 32.8. The summed E-state index contributed by atoms with van der Waals surface area (Å²) in [6.07, 6.45) is -16.2. The van der Waals surface area contributed by atoms with Gasteiger partial charge in [0.25, 0.3) is 0 Å². The Balaban J connectivity index is 0.000000270. The minimum atomic E-state index is -5.65. The van der Waals surface area contributed by atoms with Crippen LogP contribution in [0, 0.1) is 116 Å². The van der Waals surface area contributed by atoms with Crippen molar-refractivity contribution in [2.45, 2.75) is 93.3 Å². The number of carboxylic acid groups (broad SMARTS) is 3. The normalized spacial score (nSPS) is 12.1. The van der Waals surface area contributed by atoms with Crippen molar-refractivity contribution in [2.24, 2.45) is 0 Å². The number of hydrogen-bond acceptors (Lipinski definition) is 15. The molecule has 0 radical (unpaired) electrons. The fourth-order valence-corrected chi connectivity index (χ4v) is 11.8. The molecule has 0 saturated carbocycles. The lowest BCUT2D eigenvalue weighted by atomic mass is 9.83. The SMILES string of the molecule is O=C(CCC(CCC(=O)Oc1c(F)c(F)c(F)c(F)c1F)(NC(=O)OCC1c2ccccc2-c2ccccc21)C(=O)Oc1c(F)c(F)c(F)c(F)c1F)Oc1c(F)c(F)c(F)c(F)c1F.O=C(O)CCC(CCC(=O)O)(CCC(=O)O)NC(=O)OCC1c2ccccc2-c2ccccc21.O=C(Oc1c(F)c(F)c(F)c(F)c1F)C(F)(F)F. The molecule has 0 aromatic heterocycles. The Morgan fingerprint density at radius 3 is 0.786 bits per heavy atom. The van der Waals surface area contributed by atoms with Crippen LogP contribution in [0.2, 0.25) is 0 Å². The molecule has 10 rings (SSSR count). The molecule has 2 aliphatic carbocycles. The van der Waals surface area contributed by atoms with Gasteiger partial charge in [0.15, 0.2) is 0 Å². The van der Waals surface area contributed by atoms with Crippen LogP contribution >= 0.6 is 0 Å². The first-order valence-electron chi connectivity index (χ1n) is 32.8. The number of benzene rings is 8. The minimum Gasteiger partial charge on any atom is -0.481 e. The van der Waals surface area contributed by atoms with Gasteiger partial charge in [-0.25, -0.2) is 71.9 Å². The van der Waals surface area contributed by atoms with Crippen LogP contribution in [-0.4, -0.2) is 99.8 Å². The highest BCUT2D eigenvalue weighted by molar-refractivity contribution is 5.89. The summed E-state index contributed by atoms with van der Waals surface area (Å²) in [6.45, 7) is -0.639. The molecule has 20 nitrogen and oxygen atoms in total. The van der Waals surface area contributed by atoms with Gasteiger partial charge in [0.05, 0.1) is 0 Å². The summed E-state index contributed by atoms with van der Waals surface area (Å²) in [6, 6.07) is 28.8. The molecule has 43 heteroatoms. The highest BCUT2D eigenvalue weighted by Crippen LogP contribution is 2.47. The van der Waals surface area contributed by atoms with Crippen molar-refractivity contribution >= 4 is 54.0 Å². The van der Waals surface area contributed by atoms with Crippen molar-refractivity contribution < 1.29 is 188 Å². The van der Waals surface area contributed by atoms with E-state index in [0.717, 1.165) is 22.3 Å². The number of carboxylic acids is 3. The van der Waals surface area contributed by atoms with E-state index in [0.29, 0.717) is 22.3 Å².